The highest BCUT2D eigenvalue weighted by Crippen LogP contribution is 2.40. The van der Waals surface area contributed by atoms with Crippen molar-refractivity contribution in [3.8, 4) is 6.01 Å². The average molecular weight is 574 g/mol. The number of fused-ring (bicyclic) bond motifs is 3. The van der Waals surface area contributed by atoms with Crippen LogP contribution >= 0.6 is 11.6 Å². The van der Waals surface area contributed by atoms with Crippen LogP contribution in [0.3, 0.4) is 0 Å². The van der Waals surface area contributed by atoms with Gasteiger partial charge >= 0.3 is 6.01 Å². The van der Waals surface area contributed by atoms with Crippen molar-refractivity contribution >= 4 is 33.9 Å². The Bertz CT molecular complexity index is 1550. The number of rotatable bonds is 8. The van der Waals surface area contributed by atoms with Crippen molar-refractivity contribution < 1.29 is 4.74 Å². The standard InChI is InChI=1S/C32H40ClN7O/c1-21(2)15-24-10-9-23-7-6-8-27(33)29(23)30(24)38-12-11-26-28(19-38)35-32(41-22(3)17-37(4)5)36-31(26)39-13-14-40-20-34-16-25(40)18-39/h6-10,16,20-22H,11-15,17-19H2,1-5H3. The van der Waals surface area contributed by atoms with E-state index in [0.717, 1.165) is 67.5 Å². The molecule has 2 aliphatic heterocycles. The maximum Gasteiger partial charge on any atom is 0.318 e. The Labute approximate surface area is 247 Å². The number of halogens is 1. The van der Waals surface area contributed by atoms with Crippen LogP contribution in [-0.4, -0.2) is 64.3 Å². The molecule has 1 unspecified atom stereocenters. The lowest BCUT2D eigenvalue weighted by atomic mass is 9.94. The second kappa shape index (κ2) is 11.5. The maximum absolute atomic E-state index is 6.88. The normalized spacial score (nSPS) is 15.9. The molecule has 0 saturated heterocycles. The third kappa shape index (κ3) is 5.72. The molecule has 216 valence electrons. The fraction of sp³-hybridized carbons (Fsp3) is 0.469. The largest absolute Gasteiger partial charge is 0.459 e. The summed E-state index contributed by atoms with van der Waals surface area (Å²) in [5.41, 5.74) is 6.02. The molecule has 0 fully saturated rings. The van der Waals surface area contributed by atoms with Crippen molar-refractivity contribution in [3.05, 3.63) is 70.4 Å². The Morgan fingerprint density at radius 2 is 1.85 bits per heavy atom. The molecular weight excluding hydrogens is 534 g/mol. The Morgan fingerprint density at radius 3 is 2.66 bits per heavy atom. The fourth-order valence-corrected chi connectivity index (χ4v) is 6.59. The molecule has 1 atom stereocenters. The Kier molecular flexibility index (Phi) is 7.79. The van der Waals surface area contributed by atoms with E-state index in [0.29, 0.717) is 18.5 Å². The van der Waals surface area contributed by atoms with E-state index in [9.17, 15) is 0 Å². The van der Waals surface area contributed by atoms with E-state index in [2.05, 4.69) is 77.3 Å². The van der Waals surface area contributed by atoms with E-state index < -0.39 is 0 Å². The van der Waals surface area contributed by atoms with Crippen molar-refractivity contribution in [1.29, 1.82) is 0 Å². The summed E-state index contributed by atoms with van der Waals surface area (Å²) in [7, 11) is 4.11. The summed E-state index contributed by atoms with van der Waals surface area (Å²) >= 11 is 6.88. The molecule has 2 aromatic heterocycles. The second-order valence-corrected chi connectivity index (χ2v) is 12.5. The van der Waals surface area contributed by atoms with Crippen LogP contribution in [0.15, 0.2) is 42.9 Å². The van der Waals surface area contributed by atoms with Crippen molar-refractivity contribution in [2.45, 2.75) is 59.4 Å². The van der Waals surface area contributed by atoms with E-state index >= 15 is 0 Å². The van der Waals surface area contributed by atoms with Crippen molar-refractivity contribution in [2.24, 2.45) is 5.92 Å². The fourth-order valence-electron chi connectivity index (χ4n) is 6.32. The summed E-state index contributed by atoms with van der Waals surface area (Å²) < 4.78 is 8.56. The molecule has 4 aromatic rings. The van der Waals surface area contributed by atoms with Gasteiger partial charge in [-0.05, 0) is 56.8 Å². The summed E-state index contributed by atoms with van der Waals surface area (Å²) in [6.45, 7) is 11.5. The number of hydrogen-bond donors (Lipinski definition) is 0. The molecule has 0 radical (unpaired) electrons. The van der Waals surface area contributed by atoms with E-state index in [4.69, 9.17) is 26.3 Å². The first-order valence-electron chi connectivity index (χ1n) is 14.7. The quantitative estimate of drug-likeness (QED) is 0.272. The topological polar surface area (TPSA) is 62.6 Å². The highest BCUT2D eigenvalue weighted by Gasteiger charge is 2.30. The van der Waals surface area contributed by atoms with Crippen LogP contribution in [0.5, 0.6) is 6.01 Å². The van der Waals surface area contributed by atoms with Crippen molar-refractivity contribution in [3.63, 3.8) is 0 Å². The van der Waals surface area contributed by atoms with Crippen LogP contribution in [0, 0.1) is 5.92 Å². The van der Waals surface area contributed by atoms with Gasteiger partial charge < -0.3 is 24.0 Å². The van der Waals surface area contributed by atoms with E-state index in [1.54, 1.807) is 0 Å². The zero-order chi connectivity index (χ0) is 28.7. The first-order valence-corrected chi connectivity index (χ1v) is 15.0. The molecule has 41 heavy (non-hydrogen) atoms. The van der Waals surface area contributed by atoms with Gasteiger partial charge in [-0.2, -0.15) is 9.97 Å². The summed E-state index contributed by atoms with van der Waals surface area (Å²) in [6.07, 6.45) is 5.69. The van der Waals surface area contributed by atoms with Gasteiger partial charge in [0.25, 0.3) is 0 Å². The van der Waals surface area contributed by atoms with E-state index in [1.165, 1.54) is 27.9 Å². The minimum atomic E-state index is -0.0344. The van der Waals surface area contributed by atoms with Crippen molar-refractivity contribution in [1.82, 2.24) is 24.4 Å². The molecule has 0 aliphatic carbocycles. The summed E-state index contributed by atoms with van der Waals surface area (Å²) in [4.78, 5) is 21.4. The SMILES string of the molecule is CC(C)Cc1ccc2cccc(Cl)c2c1N1CCc2c(nc(OC(C)CN(C)C)nc2N2CCn3cncc3C2)C1. The molecule has 6 rings (SSSR count). The van der Waals surface area contributed by atoms with Gasteiger partial charge in [0.1, 0.15) is 11.9 Å². The predicted octanol–water partition coefficient (Wildman–Crippen LogP) is 5.59. The van der Waals surface area contributed by atoms with Crippen LogP contribution in [0.1, 0.15) is 43.3 Å². The number of aromatic nitrogens is 4. The summed E-state index contributed by atoms with van der Waals surface area (Å²) in [6, 6.07) is 11.1. The van der Waals surface area contributed by atoms with Gasteiger partial charge in [-0.1, -0.05) is 49.7 Å². The van der Waals surface area contributed by atoms with Crippen LogP contribution < -0.4 is 14.5 Å². The van der Waals surface area contributed by atoms with Crippen LogP contribution in [0.4, 0.5) is 11.5 Å². The lowest BCUT2D eigenvalue weighted by molar-refractivity contribution is 0.163. The molecule has 2 aromatic carbocycles. The van der Waals surface area contributed by atoms with Gasteiger partial charge in [-0.15, -0.1) is 0 Å². The minimum absolute atomic E-state index is 0.0344. The Hall–Kier alpha value is -3.36. The number of imidazole rings is 1. The predicted molar refractivity (Wildman–Crippen MR) is 166 cm³/mol. The summed E-state index contributed by atoms with van der Waals surface area (Å²) in [5, 5.41) is 3.09. The number of hydrogen-bond acceptors (Lipinski definition) is 7. The minimum Gasteiger partial charge on any atom is -0.459 e. The molecule has 4 heterocycles. The number of anilines is 2. The van der Waals surface area contributed by atoms with Crippen LogP contribution in [0.2, 0.25) is 5.02 Å². The Morgan fingerprint density at radius 1 is 1.00 bits per heavy atom. The van der Waals surface area contributed by atoms with Crippen LogP contribution in [-0.2, 0) is 32.5 Å². The monoisotopic (exact) mass is 573 g/mol. The third-order valence-corrected chi connectivity index (χ3v) is 8.32. The molecule has 0 saturated carbocycles. The number of likely N-dealkylation sites (N-methyl/N-ethyl adjacent to an activating group) is 1. The highest BCUT2D eigenvalue weighted by molar-refractivity contribution is 6.36. The van der Waals surface area contributed by atoms with Gasteiger partial charge in [-0.25, -0.2) is 4.98 Å². The second-order valence-electron chi connectivity index (χ2n) is 12.1. The smallest absolute Gasteiger partial charge is 0.318 e. The van der Waals surface area contributed by atoms with Crippen LogP contribution in [0.25, 0.3) is 10.8 Å². The average Bonchev–Trinajstić information content (AvgIpc) is 3.40. The van der Waals surface area contributed by atoms with Gasteiger partial charge in [0, 0.05) is 49.0 Å². The molecule has 2 aliphatic rings. The molecular formula is C32H40ClN7O. The summed E-state index contributed by atoms with van der Waals surface area (Å²) in [5.74, 6) is 1.53. The molecule has 0 spiro atoms. The zero-order valence-electron chi connectivity index (χ0n) is 24.8. The first kappa shape index (κ1) is 27.8. The third-order valence-electron chi connectivity index (χ3n) is 8.01. The number of ether oxygens (including phenoxy) is 1. The lowest BCUT2D eigenvalue weighted by Gasteiger charge is -2.36. The van der Waals surface area contributed by atoms with E-state index in [1.807, 2.05) is 24.7 Å². The maximum atomic E-state index is 6.88. The van der Waals surface area contributed by atoms with Gasteiger partial charge in [0.15, 0.2) is 0 Å². The van der Waals surface area contributed by atoms with Gasteiger partial charge in [0.2, 0.25) is 0 Å². The molecule has 9 heteroatoms. The van der Waals surface area contributed by atoms with Crippen molar-refractivity contribution in [2.75, 3.05) is 43.5 Å². The molecule has 0 bridgehead atoms. The molecule has 0 amide bonds. The number of nitrogens with zero attached hydrogens (tertiary/aromatic N) is 7. The van der Waals surface area contributed by atoms with E-state index in [-0.39, 0.29) is 6.10 Å². The Balaban J connectivity index is 1.41. The highest BCUT2D eigenvalue weighted by atomic mass is 35.5. The zero-order valence-corrected chi connectivity index (χ0v) is 25.5. The lowest BCUT2D eigenvalue weighted by Crippen LogP contribution is -2.38. The van der Waals surface area contributed by atoms with Gasteiger partial charge in [0.05, 0.1) is 35.8 Å². The molecule has 8 nitrogen and oxygen atoms in total. The van der Waals surface area contributed by atoms with Gasteiger partial charge in [-0.3, -0.25) is 0 Å². The first-order chi connectivity index (χ1) is 19.8. The number of benzene rings is 2. The molecule has 0 N–H and O–H groups in total.